The van der Waals surface area contributed by atoms with Crippen LogP contribution in [0.15, 0.2) is 53.0 Å². The molecule has 1 amide bonds. The smallest absolute Gasteiger partial charge is 0.265 e. The summed E-state index contributed by atoms with van der Waals surface area (Å²) in [6, 6.07) is 16.0. The number of aryl methyl sites for hydroxylation is 3. The first-order valence-electron chi connectivity index (χ1n) is 8.55. The van der Waals surface area contributed by atoms with Crippen LogP contribution in [0.25, 0.3) is 15.9 Å². The number of fused-ring (bicyclic) bond motifs is 1. The Bertz CT molecular complexity index is 1140. The minimum absolute atomic E-state index is 0.0945. The fraction of sp³-hybridized carbons (Fsp3) is 0.143. The Labute approximate surface area is 170 Å². The van der Waals surface area contributed by atoms with Gasteiger partial charge in [0.1, 0.15) is 4.83 Å². The summed E-state index contributed by atoms with van der Waals surface area (Å²) in [7, 11) is 0. The fourth-order valence-electron chi connectivity index (χ4n) is 3.16. The molecule has 0 aliphatic rings. The van der Waals surface area contributed by atoms with Crippen LogP contribution >= 0.6 is 27.3 Å². The second kappa shape index (κ2) is 6.94. The number of thiophene rings is 1. The highest BCUT2D eigenvalue weighted by molar-refractivity contribution is 9.10. The summed E-state index contributed by atoms with van der Waals surface area (Å²) < 4.78 is 2.92. The van der Waals surface area contributed by atoms with E-state index in [1.165, 1.54) is 11.3 Å². The van der Waals surface area contributed by atoms with E-state index in [4.69, 9.17) is 0 Å². The van der Waals surface area contributed by atoms with Gasteiger partial charge in [-0.25, -0.2) is 4.68 Å². The molecule has 0 spiro atoms. The molecular weight excluding hydrogens is 422 g/mol. The number of benzene rings is 2. The van der Waals surface area contributed by atoms with Gasteiger partial charge in [-0.2, -0.15) is 5.10 Å². The summed E-state index contributed by atoms with van der Waals surface area (Å²) >= 11 is 4.91. The van der Waals surface area contributed by atoms with Crippen molar-refractivity contribution in [1.29, 1.82) is 0 Å². The zero-order valence-electron chi connectivity index (χ0n) is 15.2. The summed E-state index contributed by atoms with van der Waals surface area (Å²) in [6.45, 7) is 6.02. The van der Waals surface area contributed by atoms with E-state index in [9.17, 15) is 4.79 Å². The third-order valence-corrected chi connectivity index (χ3v) is 5.96. The second-order valence-corrected chi connectivity index (χ2v) is 8.58. The zero-order chi connectivity index (χ0) is 19.1. The van der Waals surface area contributed by atoms with E-state index in [2.05, 4.69) is 32.4 Å². The Morgan fingerprint density at radius 3 is 2.37 bits per heavy atom. The number of aromatic nitrogens is 2. The predicted octanol–water partition coefficient (Wildman–Crippen LogP) is 6.03. The van der Waals surface area contributed by atoms with Crippen molar-refractivity contribution in [2.75, 3.05) is 5.32 Å². The van der Waals surface area contributed by atoms with Crippen molar-refractivity contribution in [3.05, 3.63) is 74.7 Å². The highest BCUT2D eigenvalue weighted by atomic mass is 79.9. The van der Waals surface area contributed by atoms with Gasteiger partial charge in [0.2, 0.25) is 0 Å². The van der Waals surface area contributed by atoms with Gasteiger partial charge < -0.3 is 5.32 Å². The molecule has 0 radical (unpaired) electrons. The summed E-state index contributed by atoms with van der Waals surface area (Å²) in [4.78, 5) is 14.4. The molecule has 0 unspecified atom stereocenters. The lowest BCUT2D eigenvalue weighted by molar-refractivity contribution is 0.103. The molecule has 0 atom stereocenters. The van der Waals surface area contributed by atoms with Crippen LogP contribution in [0.1, 0.15) is 26.5 Å². The van der Waals surface area contributed by atoms with Gasteiger partial charge in [-0.05, 0) is 74.4 Å². The number of nitrogens with zero attached hydrogens (tertiary/aromatic N) is 2. The standard InChI is InChI=1S/C21H18BrN3OS/c1-12-8-13(2)10-16(9-12)23-20(26)19-11-18-14(3)24-25(21(18)27-19)17-6-4-15(22)5-7-17/h4-11H,1-3H3,(H,23,26). The van der Waals surface area contributed by atoms with Crippen LogP contribution in [0.2, 0.25) is 0 Å². The molecule has 0 saturated heterocycles. The molecule has 0 aliphatic carbocycles. The van der Waals surface area contributed by atoms with Crippen molar-refractivity contribution in [3.63, 3.8) is 0 Å². The average molecular weight is 440 g/mol. The van der Waals surface area contributed by atoms with Crippen molar-refractivity contribution in [2.45, 2.75) is 20.8 Å². The molecule has 2 aromatic heterocycles. The number of carbonyl (C=O) groups is 1. The van der Waals surface area contributed by atoms with Gasteiger partial charge in [0.05, 0.1) is 16.3 Å². The molecule has 1 N–H and O–H groups in total. The van der Waals surface area contributed by atoms with E-state index in [1.807, 2.05) is 67.9 Å². The van der Waals surface area contributed by atoms with Crippen LogP contribution < -0.4 is 5.32 Å². The highest BCUT2D eigenvalue weighted by Gasteiger charge is 2.17. The predicted molar refractivity (Wildman–Crippen MR) is 115 cm³/mol. The maximum absolute atomic E-state index is 12.8. The van der Waals surface area contributed by atoms with Crippen molar-refractivity contribution in [2.24, 2.45) is 0 Å². The first-order valence-corrected chi connectivity index (χ1v) is 10.2. The van der Waals surface area contributed by atoms with Crippen LogP contribution in [0, 0.1) is 20.8 Å². The van der Waals surface area contributed by atoms with Crippen molar-refractivity contribution in [1.82, 2.24) is 9.78 Å². The largest absolute Gasteiger partial charge is 0.321 e. The summed E-state index contributed by atoms with van der Waals surface area (Å²) in [5.74, 6) is -0.0945. The normalized spacial score (nSPS) is 11.1. The molecule has 0 fully saturated rings. The van der Waals surface area contributed by atoms with E-state index < -0.39 is 0 Å². The lowest BCUT2D eigenvalue weighted by Gasteiger charge is -2.06. The first-order chi connectivity index (χ1) is 12.9. The summed E-state index contributed by atoms with van der Waals surface area (Å²) in [6.07, 6.45) is 0. The molecule has 6 heteroatoms. The molecule has 4 aromatic rings. The number of hydrogen-bond donors (Lipinski definition) is 1. The zero-order valence-corrected chi connectivity index (χ0v) is 17.6. The molecule has 0 saturated carbocycles. The Morgan fingerprint density at radius 1 is 1.04 bits per heavy atom. The average Bonchev–Trinajstić information content (AvgIpc) is 3.16. The molecular formula is C21H18BrN3OS. The van der Waals surface area contributed by atoms with E-state index in [-0.39, 0.29) is 5.91 Å². The van der Waals surface area contributed by atoms with Crippen LogP contribution in [0.5, 0.6) is 0 Å². The third kappa shape index (κ3) is 3.55. The number of anilines is 1. The maximum Gasteiger partial charge on any atom is 0.265 e. The van der Waals surface area contributed by atoms with Gasteiger partial charge in [0.25, 0.3) is 5.91 Å². The number of carbonyl (C=O) groups excluding carboxylic acids is 1. The number of rotatable bonds is 3. The van der Waals surface area contributed by atoms with Gasteiger partial charge >= 0.3 is 0 Å². The van der Waals surface area contributed by atoms with Gasteiger partial charge in [0, 0.05) is 15.5 Å². The molecule has 4 nitrogen and oxygen atoms in total. The topological polar surface area (TPSA) is 46.9 Å². The highest BCUT2D eigenvalue weighted by Crippen LogP contribution is 2.31. The molecule has 0 aliphatic heterocycles. The number of hydrogen-bond acceptors (Lipinski definition) is 3. The molecule has 136 valence electrons. The van der Waals surface area contributed by atoms with Crippen molar-refractivity contribution >= 4 is 49.1 Å². The van der Waals surface area contributed by atoms with E-state index >= 15 is 0 Å². The number of nitrogens with one attached hydrogen (secondary N) is 1. The third-order valence-electron chi connectivity index (χ3n) is 4.32. The first kappa shape index (κ1) is 17.9. The minimum Gasteiger partial charge on any atom is -0.321 e. The summed E-state index contributed by atoms with van der Waals surface area (Å²) in [5.41, 5.74) is 4.96. The Hall–Kier alpha value is -2.44. The second-order valence-electron chi connectivity index (χ2n) is 6.63. The van der Waals surface area contributed by atoms with Crippen molar-refractivity contribution in [3.8, 4) is 5.69 Å². The van der Waals surface area contributed by atoms with Crippen LogP contribution in [-0.4, -0.2) is 15.7 Å². The van der Waals surface area contributed by atoms with E-state index in [1.54, 1.807) is 0 Å². The van der Waals surface area contributed by atoms with Crippen LogP contribution in [0.4, 0.5) is 5.69 Å². The fourth-order valence-corrected chi connectivity index (χ4v) is 4.50. The molecule has 4 rings (SSSR count). The van der Waals surface area contributed by atoms with Crippen LogP contribution in [-0.2, 0) is 0 Å². The Balaban J connectivity index is 1.70. The maximum atomic E-state index is 12.8. The van der Waals surface area contributed by atoms with E-state index in [0.717, 1.165) is 42.9 Å². The monoisotopic (exact) mass is 439 g/mol. The molecule has 2 aromatic carbocycles. The lowest BCUT2D eigenvalue weighted by Crippen LogP contribution is -2.10. The Kier molecular flexibility index (Phi) is 4.61. The number of halogens is 1. The quantitative estimate of drug-likeness (QED) is 0.423. The van der Waals surface area contributed by atoms with Crippen LogP contribution in [0.3, 0.4) is 0 Å². The molecule has 0 bridgehead atoms. The molecule has 27 heavy (non-hydrogen) atoms. The van der Waals surface area contributed by atoms with Gasteiger partial charge in [0.15, 0.2) is 0 Å². The SMILES string of the molecule is Cc1cc(C)cc(NC(=O)c2cc3c(C)nn(-c4ccc(Br)cc4)c3s2)c1. The van der Waals surface area contributed by atoms with E-state index in [0.29, 0.717) is 4.88 Å². The van der Waals surface area contributed by atoms with Gasteiger partial charge in [-0.1, -0.05) is 22.0 Å². The number of amides is 1. The van der Waals surface area contributed by atoms with Gasteiger partial charge in [-0.3, -0.25) is 4.79 Å². The van der Waals surface area contributed by atoms with Gasteiger partial charge in [-0.15, -0.1) is 11.3 Å². The lowest BCUT2D eigenvalue weighted by atomic mass is 10.1. The molecule has 2 heterocycles. The Morgan fingerprint density at radius 2 is 1.70 bits per heavy atom. The van der Waals surface area contributed by atoms with Crippen molar-refractivity contribution < 1.29 is 4.79 Å². The summed E-state index contributed by atoms with van der Waals surface area (Å²) in [5, 5.41) is 8.66. The minimum atomic E-state index is -0.0945.